The molecule has 4 unspecified atom stereocenters. The second-order valence-electron chi connectivity index (χ2n) is 9.56. The monoisotopic (exact) mass is 718 g/mol. The van der Waals surface area contributed by atoms with Crippen LogP contribution in [0.25, 0.3) is 20.4 Å². The zero-order valence-corrected chi connectivity index (χ0v) is 31.9. The molecule has 0 aliphatic carbocycles. The molecule has 14 heteroatoms. The molecule has 0 spiro atoms. The fraction of sp³-hybridized carbons (Fsp3) is 0.462. The Kier molecular flexibility index (Phi) is 14.5. The predicted molar refractivity (Wildman–Crippen MR) is 197 cm³/mol. The molecule has 40 heavy (non-hydrogen) atoms. The molecular weight excluding hydrogens is 685 g/mol. The molecule has 4 atom stereocenters. The van der Waals surface area contributed by atoms with Gasteiger partial charge >= 0.3 is 0 Å². The van der Waals surface area contributed by atoms with Gasteiger partial charge in [-0.15, -0.1) is 22.7 Å². The minimum absolute atomic E-state index is 0.248. The van der Waals surface area contributed by atoms with E-state index in [1.807, 2.05) is 97.8 Å². The molecule has 0 bridgehead atoms. The van der Waals surface area contributed by atoms with Gasteiger partial charge in [-0.1, -0.05) is 72.0 Å². The number of rotatable bonds is 17. The lowest BCUT2D eigenvalue weighted by Crippen LogP contribution is -2.34. The van der Waals surface area contributed by atoms with Crippen LogP contribution in [0.2, 0.25) is 26.2 Å². The first-order valence-corrected chi connectivity index (χ1v) is 27.3. The number of ether oxygens (including phenoxy) is 2. The number of benzene rings is 2. The zero-order chi connectivity index (χ0) is 28.5. The standard InChI is InChI=1S/C26H34N2O2S8Si2/c1-29-25(39(3)4)17(23-27-19-11-7-9-13-21(19)33-23)15-31-35-37-38-36-32-16-18(26(30-2)40(5)6)24-28-20-12-8-10-14-22(20)34-24/h7-14,17-18,25-26H,15-16H2,1-6H3. The van der Waals surface area contributed by atoms with Gasteiger partial charge in [-0.2, -0.15) is 0 Å². The second-order valence-corrected chi connectivity index (χ2v) is 26.8. The van der Waals surface area contributed by atoms with Crippen molar-refractivity contribution in [3.8, 4) is 0 Å². The number of fused-ring (bicyclic) bond motifs is 2. The van der Waals surface area contributed by atoms with Gasteiger partial charge in [0.1, 0.15) is 10.0 Å². The Morgan fingerprint density at radius 2 is 1.05 bits per heavy atom. The Labute approximate surface area is 272 Å². The molecule has 0 amide bonds. The fourth-order valence-corrected chi connectivity index (χ4v) is 22.5. The van der Waals surface area contributed by atoms with Crippen molar-refractivity contribution in [2.75, 3.05) is 25.7 Å². The summed E-state index contributed by atoms with van der Waals surface area (Å²) in [6.45, 7) is 9.36. The van der Waals surface area contributed by atoms with E-state index in [0.717, 1.165) is 22.5 Å². The van der Waals surface area contributed by atoms with Crippen molar-refractivity contribution < 1.29 is 9.47 Å². The molecule has 4 rings (SSSR count). The highest BCUT2D eigenvalue weighted by molar-refractivity contribution is 9.41. The zero-order valence-electron chi connectivity index (χ0n) is 23.3. The highest BCUT2D eigenvalue weighted by Gasteiger charge is 2.31. The van der Waals surface area contributed by atoms with E-state index >= 15 is 0 Å². The van der Waals surface area contributed by atoms with E-state index in [9.17, 15) is 0 Å². The number of thiazole rings is 2. The predicted octanol–water partition coefficient (Wildman–Crippen LogP) is 10.4. The van der Waals surface area contributed by atoms with Crippen molar-refractivity contribution in [3.63, 3.8) is 0 Å². The Bertz CT molecular complexity index is 1160. The number of aromatic nitrogens is 2. The summed E-state index contributed by atoms with van der Waals surface area (Å²) < 4.78 is 14.5. The van der Waals surface area contributed by atoms with E-state index in [1.54, 1.807) is 0 Å². The van der Waals surface area contributed by atoms with Crippen LogP contribution >= 0.6 is 83.6 Å². The van der Waals surface area contributed by atoms with Crippen molar-refractivity contribution >= 4 is 122 Å². The molecule has 2 radical (unpaired) electrons. The second kappa shape index (κ2) is 17.2. The third-order valence-electron chi connectivity index (χ3n) is 6.31. The van der Waals surface area contributed by atoms with Crippen molar-refractivity contribution in [3.05, 3.63) is 58.5 Å². The van der Waals surface area contributed by atoms with Gasteiger partial charge in [0.25, 0.3) is 0 Å². The Morgan fingerprint density at radius 3 is 1.40 bits per heavy atom. The maximum absolute atomic E-state index is 6.02. The summed E-state index contributed by atoms with van der Waals surface area (Å²) in [5.74, 6) is 2.63. The van der Waals surface area contributed by atoms with E-state index in [0.29, 0.717) is 11.8 Å². The third-order valence-corrected chi connectivity index (χ3v) is 23.2. The summed E-state index contributed by atoms with van der Waals surface area (Å²) in [4.78, 5) is 9.99. The molecule has 0 N–H and O–H groups in total. The van der Waals surface area contributed by atoms with E-state index < -0.39 is 17.6 Å². The maximum Gasteiger partial charge on any atom is 0.100 e. The molecule has 0 aliphatic heterocycles. The first-order chi connectivity index (χ1) is 19.4. The van der Waals surface area contributed by atoms with E-state index in [2.05, 4.69) is 74.7 Å². The molecule has 2 heterocycles. The molecule has 2 aromatic carbocycles. The first-order valence-electron chi connectivity index (χ1n) is 12.7. The Hall–Kier alpha value is 0.674. The summed E-state index contributed by atoms with van der Waals surface area (Å²) in [6.07, 6.45) is 0. The first kappa shape index (κ1) is 33.6. The molecule has 4 nitrogen and oxygen atoms in total. The summed E-state index contributed by atoms with van der Waals surface area (Å²) in [6, 6.07) is 16.9. The fourth-order valence-electron chi connectivity index (χ4n) is 4.54. The molecule has 2 aromatic heterocycles. The van der Waals surface area contributed by atoms with Crippen LogP contribution < -0.4 is 0 Å². The number of methoxy groups -OCH3 is 2. The van der Waals surface area contributed by atoms with Gasteiger partial charge < -0.3 is 9.47 Å². The normalized spacial score (nSPS) is 15.3. The average molecular weight is 719 g/mol. The van der Waals surface area contributed by atoms with Crippen molar-refractivity contribution in [1.29, 1.82) is 0 Å². The molecule has 0 saturated heterocycles. The number of para-hydroxylation sites is 2. The molecule has 0 aliphatic rings. The minimum atomic E-state index is -0.625. The van der Waals surface area contributed by atoms with Crippen LogP contribution in [-0.4, -0.2) is 64.7 Å². The summed E-state index contributed by atoms with van der Waals surface area (Å²) in [7, 11) is 13.7. The van der Waals surface area contributed by atoms with Crippen LogP contribution in [0, 0.1) is 0 Å². The quantitative estimate of drug-likeness (QED) is 0.0599. The number of nitrogens with zero attached hydrogens (tertiary/aromatic N) is 2. The summed E-state index contributed by atoms with van der Waals surface area (Å²) in [5, 5.41) is 2.41. The average Bonchev–Trinajstić information content (AvgIpc) is 3.57. The molecule has 0 fully saturated rings. The van der Waals surface area contributed by atoms with Crippen LogP contribution in [0.1, 0.15) is 21.9 Å². The Balaban J connectivity index is 1.27. The largest absolute Gasteiger partial charge is 0.384 e. The summed E-state index contributed by atoms with van der Waals surface area (Å²) in [5.41, 5.74) is 2.69. The van der Waals surface area contributed by atoms with Crippen molar-refractivity contribution in [1.82, 2.24) is 9.97 Å². The molecule has 216 valence electrons. The van der Waals surface area contributed by atoms with Gasteiger partial charge in [0.05, 0.1) is 49.5 Å². The topological polar surface area (TPSA) is 44.2 Å². The number of hydrogen-bond acceptors (Lipinski definition) is 12. The third kappa shape index (κ3) is 9.10. The van der Waals surface area contributed by atoms with E-state index in [4.69, 9.17) is 19.4 Å². The number of hydrogen-bond donors (Lipinski definition) is 0. The van der Waals surface area contributed by atoms with Gasteiger partial charge in [-0.3, -0.25) is 0 Å². The van der Waals surface area contributed by atoms with Gasteiger partial charge in [-0.25, -0.2) is 9.97 Å². The van der Waals surface area contributed by atoms with Crippen LogP contribution in [-0.2, 0) is 9.47 Å². The lowest BCUT2D eigenvalue weighted by atomic mass is 10.2. The summed E-state index contributed by atoms with van der Waals surface area (Å²) >= 11 is 3.64. The SMILES string of the molecule is COC(C(CSSSSSSCC(c1nc2ccccc2s1)C(OC)[Si](C)C)c1nc2ccccc2s1)[Si](C)C. The molecule has 4 aromatic rings. The van der Waals surface area contributed by atoms with Crippen molar-refractivity contribution in [2.45, 2.75) is 49.5 Å². The molecular formula is C26H34N2O2S8Si2. The van der Waals surface area contributed by atoms with Crippen LogP contribution in [0.4, 0.5) is 0 Å². The van der Waals surface area contributed by atoms with Gasteiger partial charge in [0.2, 0.25) is 0 Å². The van der Waals surface area contributed by atoms with Crippen molar-refractivity contribution in [2.24, 2.45) is 0 Å². The lowest BCUT2D eigenvalue weighted by Gasteiger charge is -2.26. The van der Waals surface area contributed by atoms with Crippen LogP contribution in [0.15, 0.2) is 48.5 Å². The van der Waals surface area contributed by atoms with E-state index in [-0.39, 0.29) is 11.5 Å². The van der Waals surface area contributed by atoms with Gasteiger partial charge in [-0.05, 0) is 63.6 Å². The maximum atomic E-state index is 6.02. The molecule has 0 saturated carbocycles. The lowest BCUT2D eigenvalue weighted by molar-refractivity contribution is 0.144. The highest BCUT2D eigenvalue weighted by Crippen LogP contribution is 2.54. The van der Waals surface area contributed by atoms with E-state index in [1.165, 1.54) is 19.4 Å². The highest BCUT2D eigenvalue weighted by atomic mass is 33.9. The van der Waals surface area contributed by atoms with Crippen LogP contribution in [0.3, 0.4) is 0 Å². The minimum Gasteiger partial charge on any atom is -0.384 e. The van der Waals surface area contributed by atoms with Crippen LogP contribution in [0.5, 0.6) is 0 Å². The Morgan fingerprint density at radius 1 is 0.650 bits per heavy atom. The smallest absolute Gasteiger partial charge is 0.100 e. The van der Waals surface area contributed by atoms with Gasteiger partial charge in [0, 0.05) is 37.6 Å². The van der Waals surface area contributed by atoms with Gasteiger partial charge in [0.15, 0.2) is 0 Å².